The van der Waals surface area contributed by atoms with Gasteiger partial charge < -0.3 is 34.2 Å². The molecule has 0 saturated heterocycles. The molecule has 9 rings (SSSR count). The Balaban J connectivity index is 0.00000484. The summed E-state index contributed by atoms with van der Waals surface area (Å²) in [6.07, 6.45) is 2.53. The van der Waals surface area contributed by atoms with Gasteiger partial charge in [-0.25, -0.2) is 6.54 Å². The van der Waals surface area contributed by atoms with Crippen LogP contribution in [0.25, 0.3) is 0 Å². The van der Waals surface area contributed by atoms with Crippen LogP contribution in [0.2, 0.25) is 0 Å². The van der Waals surface area contributed by atoms with Gasteiger partial charge >= 0.3 is 0 Å². The second-order valence-corrected chi connectivity index (χ2v) is 16.7. The zero-order chi connectivity index (χ0) is 40.1. The fraction of sp³-hybridized carbons (Fsp3) is 0.327. The average molecular weight is 865 g/mol. The van der Waals surface area contributed by atoms with Gasteiger partial charge in [0.25, 0.3) is 11.8 Å². The number of rotatable bonds is 9. The summed E-state index contributed by atoms with van der Waals surface area (Å²) < 4.78 is 18.9. The number of fused-ring (bicyclic) bond motifs is 6. The van der Waals surface area contributed by atoms with Crippen molar-refractivity contribution in [3.63, 3.8) is 0 Å². The van der Waals surface area contributed by atoms with Crippen molar-refractivity contribution in [1.29, 1.82) is 0 Å². The van der Waals surface area contributed by atoms with E-state index in [9.17, 15) is 9.59 Å². The minimum absolute atomic E-state index is 0. The first kappa shape index (κ1) is 40.9. The summed E-state index contributed by atoms with van der Waals surface area (Å²) in [5, 5.41) is 3.58. The number of methoxy groups -OCH3 is 1. The van der Waals surface area contributed by atoms with E-state index in [1.54, 1.807) is 7.11 Å². The van der Waals surface area contributed by atoms with Crippen molar-refractivity contribution >= 4 is 23.2 Å². The number of hydrogen-bond acceptors (Lipinski definition) is 7. The fourth-order valence-corrected chi connectivity index (χ4v) is 9.15. The van der Waals surface area contributed by atoms with Crippen LogP contribution >= 0.6 is 0 Å². The quantitative estimate of drug-likeness (QED) is 0.149. The second kappa shape index (κ2) is 17.0. The van der Waals surface area contributed by atoms with Crippen LogP contribution in [0.15, 0.2) is 91.0 Å². The number of carbonyl (C=O) groups excluding carboxylic acids is 2. The Kier molecular flexibility index (Phi) is 11.8. The first-order valence-electron chi connectivity index (χ1n) is 20.4. The number of carbonyl (C=O) groups is 2. The van der Waals surface area contributed by atoms with E-state index in [1.165, 1.54) is 27.8 Å². The van der Waals surface area contributed by atoms with E-state index in [2.05, 4.69) is 85.2 Å². The third-order valence-electron chi connectivity index (χ3n) is 12.1. The third kappa shape index (κ3) is 8.21. The molecule has 0 fully saturated rings. The normalized spacial score (nSPS) is 17.8. The molecule has 0 spiro atoms. The summed E-state index contributed by atoms with van der Waals surface area (Å²) in [4.78, 5) is 34.0. The molecule has 10 heteroatoms. The maximum atomic E-state index is 14.1. The van der Waals surface area contributed by atoms with E-state index < -0.39 is 0 Å². The summed E-state index contributed by atoms with van der Waals surface area (Å²) in [5.41, 5.74) is 12.1. The largest absolute Gasteiger partial charge is 0.522 e. The SMILES string of the molecule is COc1cc2c(cc1OCc1cc(COc3cc4c(cc3C)C(=O)N3Cc5ccccc5C[C@H]3CN4)cc(CC(C)C)c1)N(C)[CH-][C@@H]1Cc3ccccc3CN1C2=O.[Y]. The van der Waals surface area contributed by atoms with Crippen molar-refractivity contribution in [3.05, 3.63) is 153 Å². The minimum Gasteiger partial charge on any atom is -0.522 e. The molecular weight excluding hydrogens is 813 g/mol. The van der Waals surface area contributed by atoms with Crippen LogP contribution in [0.1, 0.15) is 79.1 Å². The predicted molar refractivity (Wildman–Crippen MR) is 227 cm³/mol. The van der Waals surface area contributed by atoms with Crippen molar-refractivity contribution in [2.45, 2.75) is 78.4 Å². The van der Waals surface area contributed by atoms with Crippen LogP contribution in [0.3, 0.4) is 0 Å². The number of amides is 2. The molecule has 0 saturated carbocycles. The fourth-order valence-electron chi connectivity index (χ4n) is 9.15. The minimum atomic E-state index is -0.0476. The summed E-state index contributed by atoms with van der Waals surface area (Å²) in [6.45, 7) is 11.1. The second-order valence-electron chi connectivity index (χ2n) is 16.7. The predicted octanol–water partition coefficient (Wildman–Crippen LogP) is 8.53. The summed E-state index contributed by atoms with van der Waals surface area (Å²) in [5.74, 6) is 2.36. The molecule has 4 aliphatic heterocycles. The number of nitrogens with zero attached hydrogens (tertiary/aromatic N) is 3. The van der Waals surface area contributed by atoms with Gasteiger partial charge in [-0.15, -0.1) is 0 Å². The Hall–Kier alpha value is -4.86. The van der Waals surface area contributed by atoms with Gasteiger partial charge in [0.05, 0.1) is 30.0 Å². The Bertz CT molecular complexity index is 2410. The first-order valence-corrected chi connectivity index (χ1v) is 20.4. The van der Waals surface area contributed by atoms with Crippen molar-refractivity contribution in [2.75, 3.05) is 30.9 Å². The molecule has 1 radical (unpaired) electrons. The molecule has 2 amide bonds. The Morgan fingerprint density at radius 1 is 0.729 bits per heavy atom. The maximum absolute atomic E-state index is 14.1. The maximum Gasteiger partial charge on any atom is 0.256 e. The molecule has 4 heterocycles. The molecule has 0 bridgehead atoms. The smallest absolute Gasteiger partial charge is 0.256 e. The average Bonchev–Trinajstić information content (AvgIpc) is 3.41. The molecule has 9 nitrogen and oxygen atoms in total. The Labute approximate surface area is 372 Å². The summed E-state index contributed by atoms with van der Waals surface area (Å²) >= 11 is 0. The number of hydrogen-bond donors (Lipinski definition) is 1. The van der Waals surface area contributed by atoms with Gasteiger partial charge in [-0.2, -0.15) is 0 Å². The number of ether oxygens (including phenoxy) is 3. The van der Waals surface area contributed by atoms with Crippen LogP contribution in [0.5, 0.6) is 17.2 Å². The van der Waals surface area contributed by atoms with Crippen LogP contribution in [0, 0.1) is 19.4 Å². The number of aryl methyl sites for hydroxylation is 1. The molecule has 59 heavy (non-hydrogen) atoms. The molecule has 0 unspecified atom stereocenters. The number of nitrogens with one attached hydrogen (secondary N) is 1. The van der Waals surface area contributed by atoms with E-state index in [0.29, 0.717) is 61.4 Å². The molecule has 5 aromatic rings. The van der Waals surface area contributed by atoms with Crippen LogP contribution in [-0.4, -0.2) is 54.4 Å². The van der Waals surface area contributed by atoms with E-state index in [0.717, 1.165) is 53.1 Å². The van der Waals surface area contributed by atoms with Crippen LogP contribution in [0.4, 0.5) is 11.4 Å². The van der Waals surface area contributed by atoms with Crippen molar-refractivity contribution in [3.8, 4) is 17.2 Å². The van der Waals surface area contributed by atoms with Crippen molar-refractivity contribution in [2.24, 2.45) is 5.92 Å². The van der Waals surface area contributed by atoms with Gasteiger partial charge in [0.1, 0.15) is 19.0 Å². The van der Waals surface area contributed by atoms with E-state index in [1.807, 2.05) is 60.2 Å². The van der Waals surface area contributed by atoms with Gasteiger partial charge in [-0.1, -0.05) is 80.6 Å². The van der Waals surface area contributed by atoms with E-state index in [4.69, 9.17) is 14.2 Å². The number of anilines is 2. The molecule has 301 valence electrons. The van der Waals surface area contributed by atoms with Gasteiger partial charge in [0, 0.05) is 70.2 Å². The van der Waals surface area contributed by atoms with Crippen molar-refractivity contribution in [1.82, 2.24) is 9.80 Å². The van der Waals surface area contributed by atoms with Gasteiger partial charge in [0.15, 0.2) is 11.5 Å². The van der Waals surface area contributed by atoms with Gasteiger partial charge in [-0.3, -0.25) is 9.59 Å². The van der Waals surface area contributed by atoms with E-state index >= 15 is 0 Å². The zero-order valence-corrected chi connectivity index (χ0v) is 37.4. The molecule has 5 aromatic carbocycles. The molecule has 4 aliphatic rings. The standard InChI is InChI=1S/C49H51N4O5.Y/c1-30(2)14-32-16-33(28-57-45-22-43-41(15-31(45)3)48(54)52-25-37-12-8-6-10-35(37)19-39(52)24-50-43)18-34(17-32)29-58-47-23-44-42(21-46(47)56-5)49(55)53-26-38-13-9-7-11-36(38)20-40(53)27-51(44)4;/h6-13,15-18,21-23,27,30,39-40,50H,14,19-20,24-26,28-29H2,1-5H3;/q-1;/t39-,40-;/m0./s1. The van der Waals surface area contributed by atoms with E-state index in [-0.39, 0.29) is 56.6 Å². The zero-order valence-electron chi connectivity index (χ0n) is 34.6. The van der Waals surface area contributed by atoms with Gasteiger partial charge in [-0.05, 0) is 102 Å². The first-order chi connectivity index (χ1) is 28.1. The molecular formula is C49H51N4O5Y-. The molecule has 1 N–H and O–H groups in total. The van der Waals surface area contributed by atoms with Crippen LogP contribution < -0.4 is 24.4 Å². The third-order valence-corrected chi connectivity index (χ3v) is 12.1. The number of likely N-dealkylation sites (N-methyl/N-ethyl adjacent to an activating group) is 1. The van der Waals surface area contributed by atoms with Crippen LogP contribution in [-0.2, 0) is 78.3 Å². The molecule has 0 aromatic heterocycles. The monoisotopic (exact) mass is 864 g/mol. The topological polar surface area (TPSA) is 83.6 Å². The molecule has 0 aliphatic carbocycles. The summed E-state index contributed by atoms with van der Waals surface area (Å²) in [6, 6.07) is 31.1. The Morgan fingerprint density at radius 2 is 1.34 bits per heavy atom. The summed E-state index contributed by atoms with van der Waals surface area (Å²) in [7, 11) is 3.61. The number of benzene rings is 5. The van der Waals surface area contributed by atoms with Crippen molar-refractivity contribution < 1.29 is 56.5 Å². The molecule has 2 atom stereocenters. The Morgan fingerprint density at radius 3 is 2.02 bits per heavy atom. The van der Waals surface area contributed by atoms with Gasteiger partial charge in [0.2, 0.25) is 0 Å².